The van der Waals surface area contributed by atoms with Gasteiger partial charge in [-0.1, -0.05) is 36.4 Å². The number of alkyl halides is 3. The first-order valence-electron chi connectivity index (χ1n) is 6.30. The normalized spacial score (nSPS) is 11.4. The number of allylic oxidation sites excluding steroid dienone is 1. The molecule has 0 aromatic heterocycles. The number of hydrogen-bond acceptors (Lipinski definition) is 2. The Balaban J connectivity index is 2.29. The van der Waals surface area contributed by atoms with Gasteiger partial charge in [-0.05, 0) is 29.8 Å². The van der Waals surface area contributed by atoms with Gasteiger partial charge in [-0.15, -0.1) is 0 Å². The quantitative estimate of drug-likeness (QED) is 0.620. The molecule has 0 radical (unpaired) electrons. The second-order valence-electron chi connectivity index (χ2n) is 4.48. The molecule has 110 valence electrons. The van der Waals surface area contributed by atoms with Gasteiger partial charge < -0.3 is 0 Å². The first kappa shape index (κ1) is 15.5. The Morgan fingerprint density at radius 1 is 1.09 bits per heavy atom. The Morgan fingerprint density at radius 2 is 1.82 bits per heavy atom. The molecular formula is C17H10F3NO. The molecule has 2 rings (SSSR count). The predicted molar refractivity (Wildman–Crippen MR) is 76.0 cm³/mol. The van der Waals surface area contributed by atoms with Gasteiger partial charge in [0.25, 0.3) is 0 Å². The van der Waals surface area contributed by atoms with Gasteiger partial charge in [0.05, 0.1) is 17.2 Å². The van der Waals surface area contributed by atoms with E-state index in [4.69, 9.17) is 5.26 Å². The summed E-state index contributed by atoms with van der Waals surface area (Å²) in [6.45, 7) is 0. The average Bonchev–Trinajstić information content (AvgIpc) is 2.52. The third-order valence-corrected chi connectivity index (χ3v) is 2.96. The van der Waals surface area contributed by atoms with E-state index in [1.807, 2.05) is 6.07 Å². The van der Waals surface area contributed by atoms with Crippen LogP contribution in [-0.4, -0.2) is 5.78 Å². The van der Waals surface area contributed by atoms with Gasteiger partial charge in [-0.2, -0.15) is 18.4 Å². The van der Waals surface area contributed by atoms with Gasteiger partial charge in [0.1, 0.15) is 0 Å². The molecule has 2 aromatic carbocycles. The molecule has 0 amide bonds. The molecule has 0 aliphatic heterocycles. The topological polar surface area (TPSA) is 40.9 Å². The Labute approximate surface area is 125 Å². The lowest BCUT2D eigenvalue weighted by atomic mass is 10.0. The molecule has 0 N–H and O–H groups in total. The molecule has 0 atom stereocenters. The van der Waals surface area contributed by atoms with Crippen molar-refractivity contribution in [1.29, 1.82) is 5.26 Å². The third kappa shape index (κ3) is 3.61. The fourth-order valence-corrected chi connectivity index (χ4v) is 1.90. The van der Waals surface area contributed by atoms with Crippen molar-refractivity contribution < 1.29 is 18.0 Å². The molecule has 0 fully saturated rings. The van der Waals surface area contributed by atoms with Crippen LogP contribution in [0.25, 0.3) is 6.08 Å². The molecule has 0 bridgehead atoms. The highest BCUT2D eigenvalue weighted by Gasteiger charge is 2.32. The molecule has 2 nitrogen and oxygen atoms in total. The second-order valence-corrected chi connectivity index (χ2v) is 4.48. The van der Waals surface area contributed by atoms with Crippen molar-refractivity contribution in [3.63, 3.8) is 0 Å². The van der Waals surface area contributed by atoms with Crippen molar-refractivity contribution in [3.05, 3.63) is 76.9 Å². The number of carbonyl (C=O) groups is 1. The van der Waals surface area contributed by atoms with Gasteiger partial charge in [0.2, 0.25) is 0 Å². The molecule has 5 heteroatoms. The number of halogens is 3. The summed E-state index contributed by atoms with van der Waals surface area (Å²) in [5, 5.41) is 8.77. The van der Waals surface area contributed by atoms with Crippen molar-refractivity contribution >= 4 is 11.9 Å². The van der Waals surface area contributed by atoms with Gasteiger partial charge in [0.15, 0.2) is 5.78 Å². The number of rotatable bonds is 3. The Bertz CT molecular complexity index is 770. The van der Waals surface area contributed by atoms with Gasteiger partial charge in [-0.25, -0.2) is 0 Å². The molecule has 0 aliphatic carbocycles. The minimum Gasteiger partial charge on any atom is -0.289 e. The summed E-state index contributed by atoms with van der Waals surface area (Å²) in [6.07, 6.45) is -2.28. The lowest BCUT2D eigenvalue weighted by Crippen LogP contribution is -2.07. The van der Waals surface area contributed by atoms with Gasteiger partial charge in [0, 0.05) is 5.56 Å². The SMILES string of the molecule is N#Cc1cccc(C(=O)/C=C/c2ccccc2C(F)(F)F)c1. The first-order valence-corrected chi connectivity index (χ1v) is 6.30. The molecule has 0 heterocycles. The summed E-state index contributed by atoms with van der Waals surface area (Å²) >= 11 is 0. The maximum Gasteiger partial charge on any atom is 0.416 e. The van der Waals surface area contributed by atoms with Crippen LogP contribution in [-0.2, 0) is 6.18 Å². The molecule has 0 spiro atoms. The predicted octanol–water partition coefficient (Wildman–Crippen LogP) is 4.47. The number of nitriles is 1. The van der Waals surface area contributed by atoms with Crippen LogP contribution >= 0.6 is 0 Å². The summed E-state index contributed by atoms with van der Waals surface area (Å²) in [5.74, 6) is -0.464. The van der Waals surface area contributed by atoms with Gasteiger partial charge >= 0.3 is 6.18 Å². The number of nitrogens with zero attached hydrogens (tertiary/aromatic N) is 1. The highest BCUT2D eigenvalue weighted by molar-refractivity contribution is 6.07. The highest BCUT2D eigenvalue weighted by atomic mass is 19.4. The lowest BCUT2D eigenvalue weighted by molar-refractivity contribution is -0.137. The van der Waals surface area contributed by atoms with Crippen LogP contribution in [0, 0.1) is 11.3 Å². The van der Waals surface area contributed by atoms with E-state index in [0.717, 1.165) is 18.2 Å². The van der Waals surface area contributed by atoms with E-state index in [-0.39, 0.29) is 11.1 Å². The van der Waals surface area contributed by atoms with E-state index in [2.05, 4.69) is 0 Å². The minimum absolute atomic E-state index is 0.0835. The Hall–Kier alpha value is -2.87. The molecule has 0 aliphatic rings. The highest BCUT2D eigenvalue weighted by Crippen LogP contribution is 2.32. The van der Waals surface area contributed by atoms with Crippen molar-refractivity contribution in [2.24, 2.45) is 0 Å². The number of carbonyl (C=O) groups excluding carboxylic acids is 1. The molecule has 0 saturated carbocycles. The summed E-state index contributed by atoms with van der Waals surface area (Å²) < 4.78 is 38.5. The standard InChI is InChI=1S/C17H10F3NO/c18-17(19,20)15-7-2-1-5-13(15)8-9-16(22)14-6-3-4-12(10-14)11-21/h1-10H/b9-8+. The monoisotopic (exact) mass is 301 g/mol. The van der Waals surface area contributed by atoms with Crippen molar-refractivity contribution in [3.8, 4) is 6.07 Å². The average molecular weight is 301 g/mol. The molecule has 22 heavy (non-hydrogen) atoms. The first-order chi connectivity index (χ1) is 10.4. The zero-order valence-corrected chi connectivity index (χ0v) is 11.3. The third-order valence-electron chi connectivity index (χ3n) is 2.96. The maximum atomic E-state index is 12.8. The van der Waals surface area contributed by atoms with Crippen LogP contribution in [0.1, 0.15) is 27.0 Å². The largest absolute Gasteiger partial charge is 0.416 e. The van der Waals surface area contributed by atoms with E-state index in [1.54, 1.807) is 12.1 Å². The van der Waals surface area contributed by atoms with Gasteiger partial charge in [-0.3, -0.25) is 4.79 Å². The summed E-state index contributed by atoms with van der Waals surface area (Å²) in [6, 6.07) is 12.9. The van der Waals surface area contributed by atoms with Crippen molar-refractivity contribution in [1.82, 2.24) is 0 Å². The number of benzene rings is 2. The second kappa shape index (κ2) is 6.27. The zero-order valence-electron chi connectivity index (χ0n) is 11.3. The van der Waals surface area contributed by atoms with Crippen LogP contribution in [0.15, 0.2) is 54.6 Å². The van der Waals surface area contributed by atoms with E-state index in [9.17, 15) is 18.0 Å². The van der Waals surface area contributed by atoms with Crippen molar-refractivity contribution in [2.45, 2.75) is 6.18 Å². The smallest absolute Gasteiger partial charge is 0.289 e. The molecule has 0 saturated heterocycles. The molecule has 2 aromatic rings. The fourth-order valence-electron chi connectivity index (χ4n) is 1.90. The van der Waals surface area contributed by atoms with Crippen LogP contribution in [0.3, 0.4) is 0 Å². The van der Waals surface area contributed by atoms with Crippen LogP contribution in [0.4, 0.5) is 13.2 Å². The lowest BCUT2D eigenvalue weighted by Gasteiger charge is -2.09. The van der Waals surface area contributed by atoms with Crippen LogP contribution in [0.5, 0.6) is 0 Å². The van der Waals surface area contributed by atoms with E-state index < -0.39 is 17.5 Å². The summed E-state index contributed by atoms with van der Waals surface area (Å²) in [5.41, 5.74) is -0.320. The number of hydrogen-bond donors (Lipinski definition) is 0. The Morgan fingerprint density at radius 3 is 2.50 bits per heavy atom. The van der Waals surface area contributed by atoms with Crippen LogP contribution in [0.2, 0.25) is 0 Å². The maximum absolute atomic E-state index is 12.8. The Kier molecular flexibility index (Phi) is 4.42. The molecule has 0 unspecified atom stereocenters. The zero-order chi connectivity index (χ0) is 16.2. The van der Waals surface area contributed by atoms with E-state index in [1.165, 1.54) is 30.3 Å². The number of ketones is 1. The summed E-state index contributed by atoms with van der Waals surface area (Å²) in [4.78, 5) is 12.0. The van der Waals surface area contributed by atoms with Crippen molar-refractivity contribution in [2.75, 3.05) is 0 Å². The summed E-state index contributed by atoms with van der Waals surface area (Å²) in [7, 11) is 0. The fraction of sp³-hybridized carbons (Fsp3) is 0.0588. The minimum atomic E-state index is -4.48. The van der Waals surface area contributed by atoms with E-state index >= 15 is 0 Å². The van der Waals surface area contributed by atoms with E-state index in [0.29, 0.717) is 5.56 Å². The van der Waals surface area contributed by atoms with Crippen LogP contribution < -0.4 is 0 Å². The molecular weight excluding hydrogens is 291 g/mol.